The number of carbonyl (C=O) groups excluding carboxylic acids is 1. The first kappa shape index (κ1) is 21.7. The molecule has 1 fully saturated rings. The van der Waals surface area contributed by atoms with E-state index < -0.39 is 28.3 Å². The number of amides is 1. The lowest BCUT2D eigenvalue weighted by Gasteiger charge is -2.29. The molecule has 1 saturated heterocycles. The molecule has 0 radical (unpaired) electrons. The highest BCUT2D eigenvalue weighted by Gasteiger charge is 2.23. The standard InChI is InChI=1S/C20H21FN4O4S/c1-24(30(27,28)17-5-2-15(13-22)3-6-17)14-20(26)23-16-4-7-19(18(21)12-16)25-8-10-29-11-9-25/h2-7,12H,8-11,14H2,1H3,(H,23,26). The van der Waals surface area contributed by atoms with Crippen LogP contribution < -0.4 is 10.2 Å². The fourth-order valence-corrected chi connectivity index (χ4v) is 4.14. The van der Waals surface area contributed by atoms with Crippen molar-refractivity contribution in [1.82, 2.24) is 4.31 Å². The zero-order valence-electron chi connectivity index (χ0n) is 16.3. The number of ether oxygens (including phenoxy) is 1. The van der Waals surface area contributed by atoms with E-state index in [4.69, 9.17) is 10.00 Å². The van der Waals surface area contributed by atoms with Gasteiger partial charge in [0, 0.05) is 25.8 Å². The van der Waals surface area contributed by atoms with Gasteiger partial charge in [0.15, 0.2) is 0 Å². The molecule has 1 N–H and O–H groups in total. The van der Waals surface area contributed by atoms with Crippen molar-refractivity contribution >= 4 is 27.3 Å². The molecule has 30 heavy (non-hydrogen) atoms. The number of nitriles is 1. The van der Waals surface area contributed by atoms with Gasteiger partial charge in [-0.1, -0.05) is 0 Å². The predicted octanol–water partition coefficient (Wildman–Crippen LogP) is 1.79. The minimum absolute atomic E-state index is 0.0299. The Kier molecular flexibility index (Phi) is 6.66. The van der Waals surface area contributed by atoms with Crippen LogP contribution >= 0.6 is 0 Å². The lowest BCUT2D eigenvalue weighted by atomic mass is 10.2. The molecule has 0 aromatic heterocycles. The molecule has 2 aromatic carbocycles. The number of anilines is 2. The number of benzene rings is 2. The van der Waals surface area contributed by atoms with Crippen molar-refractivity contribution in [2.45, 2.75) is 4.90 Å². The molecular formula is C20H21FN4O4S. The third-order valence-electron chi connectivity index (χ3n) is 4.64. The fraction of sp³-hybridized carbons (Fsp3) is 0.300. The highest BCUT2D eigenvalue weighted by atomic mass is 32.2. The molecule has 8 nitrogen and oxygen atoms in total. The number of halogens is 1. The largest absolute Gasteiger partial charge is 0.378 e. The lowest BCUT2D eigenvalue weighted by molar-refractivity contribution is -0.116. The van der Waals surface area contributed by atoms with Crippen molar-refractivity contribution < 1.29 is 22.3 Å². The number of hydrogen-bond donors (Lipinski definition) is 1. The summed E-state index contributed by atoms with van der Waals surface area (Å²) in [5.41, 5.74) is 0.993. The monoisotopic (exact) mass is 432 g/mol. The molecule has 0 aliphatic carbocycles. The molecule has 0 bridgehead atoms. The SMILES string of the molecule is CN(CC(=O)Nc1ccc(N2CCOCC2)c(F)c1)S(=O)(=O)c1ccc(C#N)cc1. The Morgan fingerprint density at radius 2 is 1.90 bits per heavy atom. The second-order valence-electron chi connectivity index (χ2n) is 6.71. The minimum Gasteiger partial charge on any atom is -0.378 e. The van der Waals surface area contributed by atoms with Crippen LogP contribution in [0.25, 0.3) is 0 Å². The van der Waals surface area contributed by atoms with E-state index in [1.165, 1.54) is 37.4 Å². The average Bonchev–Trinajstić information content (AvgIpc) is 2.74. The molecule has 1 amide bonds. The lowest BCUT2D eigenvalue weighted by Crippen LogP contribution is -2.36. The van der Waals surface area contributed by atoms with Crippen LogP contribution in [0.3, 0.4) is 0 Å². The molecular weight excluding hydrogens is 411 g/mol. The number of nitrogens with zero attached hydrogens (tertiary/aromatic N) is 3. The van der Waals surface area contributed by atoms with Gasteiger partial charge < -0.3 is 15.0 Å². The van der Waals surface area contributed by atoms with E-state index in [1.54, 1.807) is 12.1 Å². The summed E-state index contributed by atoms with van der Waals surface area (Å²) in [5.74, 6) is -1.08. The van der Waals surface area contributed by atoms with Gasteiger partial charge >= 0.3 is 0 Å². The molecule has 1 aliphatic heterocycles. The van der Waals surface area contributed by atoms with Gasteiger partial charge in [-0.05, 0) is 42.5 Å². The summed E-state index contributed by atoms with van der Waals surface area (Å²) in [7, 11) is -2.64. The van der Waals surface area contributed by atoms with Crippen molar-refractivity contribution in [1.29, 1.82) is 5.26 Å². The summed E-state index contributed by atoms with van der Waals surface area (Å²) in [6.45, 7) is 1.77. The summed E-state index contributed by atoms with van der Waals surface area (Å²) in [6, 6.07) is 11.7. The number of hydrogen-bond acceptors (Lipinski definition) is 6. The van der Waals surface area contributed by atoms with Crippen molar-refractivity contribution in [3.63, 3.8) is 0 Å². The Morgan fingerprint density at radius 3 is 2.50 bits per heavy atom. The van der Waals surface area contributed by atoms with Crippen LogP contribution in [0.15, 0.2) is 47.4 Å². The number of morpholine rings is 1. The Bertz CT molecular complexity index is 1060. The molecule has 2 aromatic rings. The van der Waals surface area contributed by atoms with Gasteiger partial charge in [-0.3, -0.25) is 4.79 Å². The summed E-state index contributed by atoms with van der Waals surface area (Å²) in [4.78, 5) is 14.1. The number of rotatable bonds is 6. The number of sulfonamides is 1. The van der Waals surface area contributed by atoms with Crippen LogP contribution in [0.5, 0.6) is 0 Å². The summed E-state index contributed by atoms with van der Waals surface area (Å²) in [5, 5.41) is 11.3. The predicted molar refractivity (Wildman–Crippen MR) is 109 cm³/mol. The summed E-state index contributed by atoms with van der Waals surface area (Å²) in [6.07, 6.45) is 0. The number of likely N-dealkylation sites (N-methyl/N-ethyl adjacent to an activating group) is 1. The maximum Gasteiger partial charge on any atom is 0.243 e. The van der Waals surface area contributed by atoms with Crippen LogP contribution in [0.4, 0.5) is 15.8 Å². The fourth-order valence-electron chi connectivity index (χ4n) is 3.01. The smallest absolute Gasteiger partial charge is 0.243 e. The first-order valence-corrected chi connectivity index (χ1v) is 10.6. The van der Waals surface area contributed by atoms with E-state index in [9.17, 15) is 17.6 Å². The second kappa shape index (κ2) is 9.21. The summed E-state index contributed by atoms with van der Waals surface area (Å²) >= 11 is 0. The van der Waals surface area contributed by atoms with Gasteiger partial charge in [-0.25, -0.2) is 12.8 Å². The van der Waals surface area contributed by atoms with E-state index in [-0.39, 0.29) is 10.6 Å². The molecule has 0 saturated carbocycles. The maximum absolute atomic E-state index is 14.5. The molecule has 0 atom stereocenters. The average molecular weight is 432 g/mol. The van der Waals surface area contributed by atoms with Crippen molar-refractivity contribution in [2.24, 2.45) is 0 Å². The highest BCUT2D eigenvalue weighted by Crippen LogP contribution is 2.24. The first-order valence-electron chi connectivity index (χ1n) is 9.20. The number of nitrogens with one attached hydrogen (secondary N) is 1. The van der Waals surface area contributed by atoms with Crippen LogP contribution in [0.1, 0.15) is 5.56 Å². The molecule has 0 unspecified atom stereocenters. The normalized spacial score (nSPS) is 14.4. The van der Waals surface area contributed by atoms with Gasteiger partial charge in [0.05, 0.1) is 42.0 Å². The van der Waals surface area contributed by atoms with Crippen molar-refractivity contribution in [3.8, 4) is 6.07 Å². The zero-order chi connectivity index (χ0) is 21.7. The molecule has 1 heterocycles. The quantitative estimate of drug-likeness (QED) is 0.747. The van der Waals surface area contributed by atoms with Gasteiger partial charge in [0.1, 0.15) is 5.82 Å². The molecule has 10 heteroatoms. The van der Waals surface area contributed by atoms with E-state index in [1.807, 2.05) is 11.0 Å². The first-order chi connectivity index (χ1) is 14.3. The van der Waals surface area contributed by atoms with Crippen molar-refractivity contribution in [2.75, 3.05) is 50.1 Å². The third-order valence-corrected chi connectivity index (χ3v) is 6.46. The Labute approximate surface area is 174 Å². The van der Waals surface area contributed by atoms with Crippen LogP contribution in [0.2, 0.25) is 0 Å². The van der Waals surface area contributed by atoms with Crippen molar-refractivity contribution in [3.05, 3.63) is 53.8 Å². The van der Waals surface area contributed by atoms with E-state index in [0.717, 1.165) is 4.31 Å². The van der Waals surface area contributed by atoms with Gasteiger partial charge in [-0.2, -0.15) is 9.57 Å². The zero-order valence-corrected chi connectivity index (χ0v) is 17.2. The topological polar surface area (TPSA) is 103 Å². The van der Waals surface area contributed by atoms with Gasteiger partial charge in [0.2, 0.25) is 15.9 Å². The third kappa shape index (κ3) is 4.94. The Balaban J connectivity index is 1.64. The van der Waals surface area contributed by atoms with Gasteiger partial charge in [0.25, 0.3) is 0 Å². The second-order valence-corrected chi connectivity index (χ2v) is 8.76. The van der Waals surface area contributed by atoms with E-state index in [0.29, 0.717) is 37.6 Å². The van der Waals surface area contributed by atoms with E-state index in [2.05, 4.69) is 5.32 Å². The van der Waals surface area contributed by atoms with E-state index >= 15 is 0 Å². The Morgan fingerprint density at radius 1 is 1.23 bits per heavy atom. The Hall–Kier alpha value is -3.00. The van der Waals surface area contributed by atoms with Crippen LogP contribution in [0, 0.1) is 17.1 Å². The number of carbonyl (C=O) groups is 1. The molecule has 3 rings (SSSR count). The summed E-state index contributed by atoms with van der Waals surface area (Å²) < 4.78 is 45.8. The van der Waals surface area contributed by atoms with Gasteiger partial charge in [-0.15, -0.1) is 0 Å². The van der Waals surface area contributed by atoms with Crippen LogP contribution in [-0.2, 0) is 19.6 Å². The van der Waals surface area contributed by atoms with Crippen LogP contribution in [-0.4, -0.2) is 58.5 Å². The molecule has 0 spiro atoms. The molecule has 1 aliphatic rings. The highest BCUT2D eigenvalue weighted by molar-refractivity contribution is 7.89. The maximum atomic E-state index is 14.5. The minimum atomic E-state index is -3.91. The molecule has 158 valence electrons.